The first-order valence-electron chi connectivity index (χ1n) is 6.51. The van der Waals surface area contributed by atoms with Crippen molar-refractivity contribution in [3.05, 3.63) is 11.7 Å². The zero-order valence-corrected chi connectivity index (χ0v) is 10.8. The predicted octanol–water partition coefficient (Wildman–Crippen LogP) is 2.93. The molecule has 1 aliphatic carbocycles. The van der Waals surface area contributed by atoms with Crippen molar-refractivity contribution in [1.29, 1.82) is 0 Å². The van der Waals surface area contributed by atoms with E-state index in [0.29, 0.717) is 18.8 Å². The normalized spacial score (nSPS) is 28.6. The van der Waals surface area contributed by atoms with Crippen LogP contribution in [-0.2, 0) is 12.0 Å². The molecule has 1 heterocycles. The molecule has 0 aliphatic heterocycles. The summed E-state index contributed by atoms with van der Waals surface area (Å²) in [6.07, 6.45) is -1.15. The highest BCUT2D eigenvalue weighted by atomic mass is 19.4. The fraction of sp³-hybridized carbons (Fsp3) is 0.833. The maximum absolute atomic E-state index is 12.2. The largest absolute Gasteiger partial charge is 0.397 e. The SMILES string of the molecule is CCC1CCC(N)(c2noc(CC(F)(F)F)n2)CC1. The molecule has 0 radical (unpaired) electrons. The van der Waals surface area contributed by atoms with Crippen molar-refractivity contribution in [2.24, 2.45) is 11.7 Å². The highest BCUT2D eigenvalue weighted by Gasteiger charge is 2.38. The summed E-state index contributed by atoms with van der Waals surface area (Å²) in [5, 5.41) is 3.64. The summed E-state index contributed by atoms with van der Waals surface area (Å²) in [6.45, 7) is 2.13. The third-order valence-corrected chi connectivity index (χ3v) is 3.84. The molecule has 2 rings (SSSR count). The van der Waals surface area contributed by atoms with Crippen molar-refractivity contribution in [2.75, 3.05) is 0 Å². The van der Waals surface area contributed by atoms with E-state index in [0.717, 1.165) is 19.3 Å². The highest BCUT2D eigenvalue weighted by Crippen LogP contribution is 2.37. The summed E-state index contributed by atoms with van der Waals surface area (Å²) in [5.74, 6) is 0.435. The van der Waals surface area contributed by atoms with E-state index < -0.39 is 24.0 Å². The lowest BCUT2D eigenvalue weighted by atomic mass is 9.76. The van der Waals surface area contributed by atoms with Crippen LogP contribution in [0.15, 0.2) is 4.52 Å². The minimum Gasteiger partial charge on any atom is -0.339 e. The molecule has 1 aromatic heterocycles. The summed E-state index contributed by atoms with van der Waals surface area (Å²) >= 11 is 0. The van der Waals surface area contributed by atoms with Gasteiger partial charge in [-0.3, -0.25) is 0 Å². The average Bonchev–Trinajstić information content (AvgIpc) is 2.77. The molecule has 0 aromatic carbocycles. The van der Waals surface area contributed by atoms with Crippen molar-refractivity contribution in [3.8, 4) is 0 Å². The van der Waals surface area contributed by atoms with Gasteiger partial charge in [0.25, 0.3) is 0 Å². The second kappa shape index (κ2) is 5.11. The van der Waals surface area contributed by atoms with Crippen LogP contribution in [0, 0.1) is 5.92 Å². The van der Waals surface area contributed by atoms with E-state index in [4.69, 9.17) is 5.73 Å². The number of alkyl halides is 3. The molecule has 0 spiro atoms. The zero-order valence-electron chi connectivity index (χ0n) is 10.8. The predicted molar refractivity (Wildman–Crippen MR) is 62.2 cm³/mol. The van der Waals surface area contributed by atoms with Crippen LogP contribution in [0.3, 0.4) is 0 Å². The second-order valence-corrected chi connectivity index (χ2v) is 5.31. The quantitative estimate of drug-likeness (QED) is 0.922. The molecule has 0 unspecified atom stereocenters. The minimum atomic E-state index is -4.34. The Balaban J connectivity index is 2.06. The molecule has 0 saturated heterocycles. The lowest BCUT2D eigenvalue weighted by molar-refractivity contribution is -0.131. The number of hydrogen-bond donors (Lipinski definition) is 1. The van der Waals surface area contributed by atoms with E-state index in [-0.39, 0.29) is 5.82 Å². The number of rotatable bonds is 3. The topological polar surface area (TPSA) is 64.9 Å². The molecule has 4 nitrogen and oxygen atoms in total. The standard InChI is InChI=1S/C12H18F3N3O/c1-2-8-3-5-11(16,6-4-8)10-17-9(19-18-10)7-12(13,14)15/h8H,2-7,16H2,1H3. The minimum absolute atomic E-state index is 0.210. The first-order valence-corrected chi connectivity index (χ1v) is 6.51. The Kier molecular flexibility index (Phi) is 3.85. The van der Waals surface area contributed by atoms with Crippen LogP contribution in [0.25, 0.3) is 0 Å². The van der Waals surface area contributed by atoms with Gasteiger partial charge in [0, 0.05) is 0 Å². The van der Waals surface area contributed by atoms with Crippen LogP contribution >= 0.6 is 0 Å². The Hall–Kier alpha value is -1.11. The summed E-state index contributed by atoms with van der Waals surface area (Å²) in [5.41, 5.74) is 5.47. The van der Waals surface area contributed by atoms with Gasteiger partial charge in [0.1, 0.15) is 6.42 Å². The molecule has 19 heavy (non-hydrogen) atoms. The first-order chi connectivity index (χ1) is 8.82. The number of aromatic nitrogens is 2. The first kappa shape index (κ1) is 14.3. The summed E-state index contributed by atoms with van der Waals surface area (Å²) in [6, 6.07) is 0. The summed E-state index contributed by atoms with van der Waals surface area (Å²) in [4.78, 5) is 3.82. The lowest BCUT2D eigenvalue weighted by Gasteiger charge is -2.34. The molecule has 0 bridgehead atoms. The molecule has 1 aliphatic rings. The van der Waals surface area contributed by atoms with Crippen LogP contribution in [0.4, 0.5) is 13.2 Å². The van der Waals surface area contributed by atoms with Crippen LogP contribution in [0.5, 0.6) is 0 Å². The van der Waals surface area contributed by atoms with E-state index >= 15 is 0 Å². The van der Waals surface area contributed by atoms with Crippen LogP contribution < -0.4 is 5.73 Å². The fourth-order valence-electron chi connectivity index (χ4n) is 2.52. The molecule has 0 amide bonds. The monoisotopic (exact) mass is 277 g/mol. The Morgan fingerprint density at radius 3 is 2.53 bits per heavy atom. The molecule has 2 N–H and O–H groups in total. The van der Waals surface area contributed by atoms with Gasteiger partial charge in [-0.2, -0.15) is 18.2 Å². The molecular weight excluding hydrogens is 259 g/mol. The van der Waals surface area contributed by atoms with Crippen molar-refractivity contribution in [2.45, 2.75) is 57.2 Å². The third kappa shape index (κ3) is 3.46. The van der Waals surface area contributed by atoms with Crippen LogP contribution in [0.2, 0.25) is 0 Å². The van der Waals surface area contributed by atoms with Gasteiger partial charge in [-0.25, -0.2) is 0 Å². The highest BCUT2D eigenvalue weighted by molar-refractivity contribution is 5.06. The van der Waals surface area contributed by atoms with Crippen molar-refractivity contribution in [1.82, 2.24) is 10.1 Å². The Morgan fingerprint density at radius 1 is 1.37 bits per heavy atom. The molecular formula is C12H18F3N3O. The van der Waals surface area contributed by atoms with Gasteiger partial charge in [-0.15, -0.1) is 0 Å². The maximum atomic E-state index is 12.2. The van der Waals surface area contributed by atoms with Crippen LogP contribution in [0.1, 0.15) is 50.7 Å². The number of nitrogens with zero attached hydrogens (tertiary/aromatic N) is 2. The van der Waals surface area contributed by atoms with Crippen LogP contribution in [-0.4, -0.2) is 16.3 Å². The number of nitrogens with two attached hydrogens (primary N) is 1. The molecule has 7 heteroatoms. The Morgan fingerprint density at radius 2 is 2.00 bits per heavy atom. The van der Waals surface area contributed by atoms with Gasteiger partial charge in [-0.1, -0.05) is 18.5 Å². The third-order valence-electron chi connectivity index (χ3n) is 3.84. The summed E-state index contributed by atoms with van der Waals surface area (Å²) in [7, 11) is 0. The Bertz CT molecular complexity index is 422. The van der Waals surface area contributed by atoms with Crippen molar-refractivity contribution in [3.63, 3.8) is 0 Å². The molecule has 1 fully saturated rings. The van der Waals surface area contributed by atoms with E-state index in [9.17, 15) is 13.2 Å². The number of halogens is 3. The van der Waals surface area contributed by atoms with Gasteiger partial charge in [0.2, 0.25) is 5.89 Å². The van der Waals surface area contributed by atoms with E-state index in [1.54, 1.807) is 0 Å². The smallest absolute Gasteiger partial charge is 0.339 e. The lowest BCUT2D eigenvalue weighted by Crippen LogP contribution is -2.41. The fourth-order valence-corrected chi connectivity index (χ4v) is 2.52. The average molecular weight is 277 g/mol. The van der Waals surface area contributed by atoms with Crippen molar-refractivity contribution >= 4 is 0 Å². The van der Waals surface area contributed by atoms with E-state index in [1.807, 2.05) is 0 Å². The van der Waals surface area contributed by atoms with Gasteiger partial charge in [-0.05, 0) is 31.6 Å². The van der Waals surface area contributed by atoms with Crippen molar-refractivity contribution < 1.29 is 17.7 Å². The van der Waals surface area contributed by atoms with Gasteiger partial charge < -0.3 is 10.3 Å². The number of hydrogen-bond acceptors (Lipinski definition) is 4. The molecule has 108 valence electrons. The zero-order chi connectivity index (χ0) is 14.1. The van der Waals surface area contributed by atoms with Gasteiger partial charge in [0.15, 0.2) is 5.82 Å². The molecule has 0 atom stereocenters. The second-order valence-electron chi connectivity index (χ2n) is 5.31. The maximum Gasteiger partial charge on any atom is 0.397 e. The molecule has 1 aromatic rings. The molecule has 1 saturated carbocycles. The van der Waals surface area contributed by atoms with Gasteiger partial charge >= 0.3 is 6.18 Å². The van der Waals surface area contributed by atoms with Gasteiger partial charge in [0.05, 0.1) is 5.54 Å². The van der Waals surface area contributed by atoms with E-state index in [1.165, 1.54) is 0 Å². The van der Waals surface area contributed by atoms with E-state index in [2.05, 4.69) is 21.6 Å². The Labute approximate surface area is 109 Å². The summed E-state index contributed by atoms with van der Waals surface area (Å²) < 4.78 is 41.3.